The van der Waals surface area contributed by atoms with Crippen molar-refractivity contribution in [3.05, 3.63) is 59.7 Å². The highest BCUT2D eigenvalue weighted by atomic mass is 16.5. The van der Waals surface area contributed by atoms with Gasteiger partial charge in [-0.25, -0.2) is 0 Å². The van der Waals surface area contributed by atoms with Gasteiger partial charge in [0.2, 0.25) is 0 Å². The number of benzene rings is 2. The summed E-state index contributed by atoms with van der Waals surface area (Å²) < 4.78 is 11.5. The largest absolute Gasteiger partial charge is 0.494 e. The van der Waals surface area contributed by atoms with E-state index in [2.05, 4.69) is 10.2 Å². The molecule has 32 heavy (non-hydrogen) atoms. The second kappa shape index (κ2) is 12.1. The predicted octanol–water partition coefficient (Wildman–Crippen LogP) is 2.16. The summed E-state index contributed by atoms with van der Waals surface area (Å²) in [6.07, 6.45) is 3.10. The highest BCUT2D eigenvalue weighted by Gasteiger charge is 2.21. The van der Waals surface area contributed by atoms with Gasteiger partial charge in [0, 0.05) is 30.3 Å². The van der Waals surface area contributed by atoms with Crippen molar-refractivity contribution in [3.63, 3.8) is 0 Å². The second-order valence-electron chi connectivity index (χ2n) is 8.02. The van der Waals surface area contributed by atoms with Crippen LogP contribution in [0, 0.1) is 10.8 Å². The summed E-state index contributed by atoms with van der Waals surface area (Å²) in [6, 6.07) is 15.2. The number of likely N-dealkylation sites (tertiary alicyclic amines) is 1. The van der Waals surface area contributed by atoms with Crippen LogP contribution >= 0.6 is 0 Å². The van der Waals surface area contributed by atoms with Gasteiger partial charge in [0.15, 0.2) is 0 Å². The molecule has 1 aliphatic heterocycles. The van der Waals surface area contributed by atoms with Crippen molar-refractivity contribution in [1.29, 1.82) is 10.8 Å². The second-order valence-corrected chi connectivity index (χ2v) is 8.02. The lowest BCUT2D eigenvalue weighted by molar-refractivity contribution is 0.259. The summed E-state index contributed by atoms with van der Waals surface area (Å²) in [6.45, 7) is 5.49. The third-order valence-electron chi connectivity index (χ3n) is 5.51. The van der Waals surface area contributed by atoms with E-state index in [0.29, 0.717) is 30.4 Å². The number of hydrogen-bond donors (Lipinski definition) is 5. The Balaban J connectivity index is 1.22. The maximum Gasteiger partial charge on any atom is 0.122 e. The fourth-order valence-electron chi connectivity index (χ4n) is 3.71. The van der Waals surface area contributed by atoms with Gasteiger partial charge in [0.1, 0.15) is 23.2 Å². The average Bonchev–Trinajstić information content (AvgIpc) is 3.25. The van der Waals surface area contributed by atoms with Crippen LogP contribution in [0.3, 0.4) is 0 Å². The Bertz CT molecular complexity index is 869. The molecule has 1 atom stereocenters. The van der Waals surface area contributed by atoms with Gasteiger partial charge in [0.25, 0.3) is 0 Å². The molecule has 1 saturated heterocycles. The minimum Gasteiger partial charge on any atom is -0.494 e. The van der Waals surface area contributed by atoms with Gasteiger partial charge in [-0.2, -0.15) is 0 Å². The van der Waals surface area contributed by atoms with E-state index in [4.69, 9.17) is 31.8 Å². The van der Waals surface area contributed by atoms with E-state index in [0.717, 1.165) is 50.5 Å². The lowest BCUT2D eigenvalue weighted by Gasteiger charge is -2.17. The van der Waals surface area contributed by atoms with Gasteiger partial charge in [-0.3, -0.25) is 10.8 Å². The zero-order chi connectivity index (χ0) is 22.8. The van der Waals surface area contributed by atoms with Crippen molar-refractivity contribution in [2.24, 2.45) is 11.5 Å². The summed E-state index contributed by atoms with van der Waals surface area (Å²) in [5.74, 6) is 1.76. The molecule has 0 saturated carbocycles. The molecule has 0 aromatic heterocycles. The summed E-state index contributed by atoms with van der Waals surface area (Å²) >= 11 is 0. The van der Waals surface area contributed by atoms with Crippen LogP contribution in [0.1, 0.15) is 30.4 Å². The first-order valence-electron chi connectivity index (χ1n) is 11.1. The molecule has 0 radical (unpaired) electrons. The highest BCUT2D eigenvalue weighted by Crippen LogP contribution is 2.14. The van der Waals surface area contributed by atoms with Crippen LogP contribution in [0.15, 0.2) is 48.5 Å². The van der Waals surface area contributed by atoms with Gasteiger partial charge in [-0.15, -0.1) is 0 Å². The first-order valence-corrected chi connectivity index (χ1v) is 11.1. The van der Waals surface area contributed by atoms with Crippen LogP contribution in [0.5, 0.6) is 11.5 Å². The number of ether oxygens (including phenoxy) is 2. The molecular formula is C24H34N6O2. The smallest absolute Gasteiger partial charge is 0.122 e. The SMILES string of the molecule is N=C(N)c1ccc(OCCCNC2CCN(CCCOc3ccc(C(=N)N)cc3)C2)cc1. The fourth-order valence-corrected chi connectivity index (χ4v) is 3.71. The minimum atomic E-state index is 0.0688. The van der Waals surface area contributed by atoms with E-state index >= 15 is 0 Å². The van der Waals surface area contributed by atoms with Crippen molar-refractivity contribution >= 4 is 11.7 Å². The monoisotopic (exact) mass is 438 g/mol. The zero-order valence-corrected chi connectivity index (χ0v) is 18.5. The predicted molar refractivity (Wildman–Crippen MR) is 128 cm³/mol. The van der Waals surface area contributed by atoms with Crippen molar-refractivity contribution < 1.29 is 9.47 Å². The first kappa shape index (κ1) is 23.6. The lowest BCUT2D eigenvalue weighted by Crippen LogP contribution is -2.34. The van der Waals surface area contributed by atoms with Crippen LogP contribution in [0.2, 0.25) is 0 Å². The van der Waals surface area contributed by atoms with Crippen molar-refractivity contribution in [2.45, 2.75) is 25.3 Å². The van der Waals surface area contributed by atoms with Crippen molar-refractivity contribution in [2.75, 3.05) is 39.4 Å². The normalized spacial score (nSPS) is 16.1. The van der Waals surface area contributed by atoms with E-state index < -0.39 is 0 Å². The molecular weight excluding hydrogens is 404 g/mol. The molecule has 8 heteroatoms. The molecule has 3 rings (SSSR count). The molecule has 7 N–H and O–H groups in total. The standard InChI is InChI=1S/C24H34N6O2/c25-23(26)18-3-7-21(8-4-18)31-15-1-12-29-20-11-14-30(17-20)13-2-16-32-22-9-5-19(6-10-22)24(27)28/h3-10,20,29H,1-2,11-17H2,(H3,25,26)(H3,27,28). The Kier molecular flexibility index (Phi) is 8.89. The number of hydrogen-bond acceptors (Lipinski definition) is 6. The van der Waals surface area contributed by atoms with Gasteiger partial charge in [0.05, 0.1) is 13.2 Å². The molecule has 1 unspecified atom stereocenters. The molecule has 1 aliphatic rings. The van der Waals surface area contributed by atoms with Crippen LogP contribution in [-0.4, -0.2) is 62.0 Å². The summed E-state index contributed by atoms with van der Waals surface area (Å²) in [4.78, 5) is 2.48. The number of nitrogens with two attached hydrogens (primary N) is 2. The number of nitrogen functional groups attached to an aromatic ring is 2. The topological polar surface area (TPSA) is 133 Å². The molecule has 0 amide bonds. The number of nitrogens with one attached hydrogen (secondary N) is 3. The molecule has 0 aliphatic carbocycles. The Morgan fingerprint density at radius 1 is 0.875 bits per heavy atom. The van der Waals surface area contributed by atoms with Crippen LogP contribution in [-0.2, 0) is 0 Å². The van der Waals surface area contributed by atoms with Crippen LogP contribution in [0.25, 0.3) is 0 Å². The average molecular weight is 439 g/mol. The summed E-state index contributed by atoms with van der Waals surface area (Å²) in [7, 11) is 0. The minimum absolute atomic E-state index is 0.0688. The van der Waals surface area contributed by atoms with Crippen LogP contribution in [0.4, 0.5) is 0 Å². The molecule has 2 aromatic carbocycles. The van der Waals surface area contributed by atoms with Crippen molar-refractivity contribution in [3.8, 4) is 11.5 Å². The Labute approximate surface area is 189 Å². The van der Waals surface area contributed by atoms with Gasteiger partial charge in [-0.1, -0.05) is 0 Å². The Morgan fingerprint density at radius 3 is 1.94 bits per heavy atom. The fraction of sp³-hybridized carbons (Fsp3) is 0.417. The van der Waals surface area contributed by atoms with Gasteiger partial charge in [-0.05, 0) is 80.9 Å². The zero-order valence-electron chi connectivity index (χ0n) is 18.5. The Morgan fingerprint density at radius 2 is 1.41 bits per heavy atom. The quantitative estimate of drug-likeness (QED) is 0.185. The molecule has 0 spiro atoms. The maximum absolute atomic E-state index is 7.41. The first-order chi connectivity index (χ1) is 15.5. The lowest BCUT2D eigenvalue weighted by atomic mass is 10.2. The van der Waals surface area contributed by atoms with E-state index in [1.54, 1.807) is 12.1 Å². The van der Waals surface area contributed by atoms with Crippen LogP contribution < -0.4 is 26.3 Å². The molecule has 172 valence electrons. The van der Waals surface area contributed by atoms with E-state index in [-0.39, 0.29) is 11.7 Å². The maximum atomic E-state index is 7.41. The summed E-state index contributed by atoms with van der Waals surface area (Å²) in [5, 5.41) is 18.4. The molecule has 8 nitrogen and oxygen atoms in total. The third kappa shape index (κ3) is 7.55. The van der Waals surface area contributed by atoms with E-state index in [1.165, 1.54) is 6.42 Å². The highest BCUT2D eigenvalue weighted by molar-refractivity contribution is 5.95. The number of nitrogens with zero attached hydrogens (tertiary/aromatic N) is 1. The van der Waals surface area contributed by atoms with E-state index in [9.17, 15) is 0 Å². The number of amidine groups is 2. The number of rotatable bonds is 13. The molecule has 1 heterocycles. The van der Waals surface area contributed by atoms with Gasteiger partial charge < -0.3 is 31.2 Å². The van der Waals surface area contributed by atoms with Gasteiger partial charge >= 0.3 is 0 Å². The third-order valence-corrected chi connectivity index (χ3v) is 5.51. The Hall–Kier alpha value is -3.10. The summed E-state index contributed by atoms with van der Waals surface area (Å²) in [5.41, 5.74) is 12.3. The molecule has 1 fully saturated rings. The molecule has 0 bridgehead atoms. The van der Waals surface area contributed by atoms with Crippen molar-refractivity contribution in [1.82, 2.24) is 10.2 Å². The molecule has 2 aromatic rings. The van der Waals surface area contributed by atoms with E-state index in [1.807, 2.05) is 36.4 Å².